The Balaban J connectivity index is 1.45. The molecule has 0 N–H and O–H groups in total. The van der Waals surface area contributed by atoms with Crippen molar-refractivity contribution in [1.29, 1.82) is 0 Å². The molecule has 4 nitrogen and oxygen atoms in total. The van der Waals surface area contributed by atoms with Gasteiger partial charge in [-0.25, -0.2) is 4.98 Å². The minimum Gasteiger partial charge on any atom is -0.289 e. The van der Waals surface area contributed by atoms with Crippen LogP contribution >= 0.6 is 0 Å². The second-order valence-corrected chi connectivity index (χ2v) is 9.67. The summed E-state index contributed by atoms with van der Waals surface area (Å²) in [6.45, 7) is 0. The fourth-order valence-electron chi connectivity index (χ4n) is 6.53. The van der Waals surface area contributed by atoms with Crippen LogP contribution < -0.4 is 0 Å². The Labute approximate surface area is 200 Å². The standard InChI is InChI=1S/C31H18N4/c1-2-5-20-17(4-1)15-24-21(20)9-7-18-14-19-8-10-25-30(28(19)27(18)24)34-31-29-23(6-3-12-33-29)22-11-13-32-16-26(22)35(25)31/h1-13,16H,14-15H2. The fourth-order valence-corrected chi connectivity index (χ4v) is 6.53. The third-order valence-electron chi connectivity index (χ3n) is 7.97. The van der Waals surface area contributed by atoms with Gasteiger partial charge in [0.1, 0.15) is 5.52 Å². The number of hydrogen-bond acceptors (Lipinski definition) is 3. The molecule has 2 aliphatic carbocycles. The SMILES string of the molecule is c1ccc2c(c1)Cc1c-2ccc2c1-c1c(ccc3c1nc1c4ncccc4c4ccncc4n31)C2. The third-order valence-corrected chi connectivity index (χ3v) is 7.97. The Morgan fingerprint density at radius 1 is 0.629 bits per heavy atom. The van der Waals surface area contributed by atoms with Crippen LogP contribution in [0.1, 0.15) is 22.3 Å². The van der Waals surface area contributed by atoms with E-state index >= 15 is 0 Å². The maximum absolute atomic E-state index is 5.31. The van der Waals surface area contributed by atoms with E-state index in [4.69, 9.17) is 9.97 Å². The molecule has 0 bridgehead atoms. The summed E-state index contributed by atoms with van der Waals surface area (Å²) in [5, 5.41) is 2.26. The van der Waals surface area contributed by atoms with Crippen LogP contribution in [-0.2, 0) is 12.8 Å². The van der Waals surface area contributed by atoms with Gasteiger partial charge in [0.05, 0.1) is 22.7 Å². The topological polar surface area (TPSA) is 43.1 Å². The molecule has 0 radical (unpaired) electrons. The van der Waals surface area contributed by atoms with Gasteiger partial charge in [0.2, 0.25) is 0 Å². The molecule has 0 unspecified atom stereocenters. The zero-order valence-corrected chi connectivity index (χ0v) is 18.8. The summed E-state index contributed by atoms with van der Waals surface area (Å²) in [5.41, 5.74) is 16.1. The number of pyridine rings is 3. The van der Waals surface area contributed by atoms with Crippen LogP contribution in [0.15, 0.2) is 85.3 Å². The van der Waals surface area contributed by atoms with Gasteiger partial charge in [-0.2, -0.15) is 0 Å². The normalized spacial score (nSPS) is 13.5. The van der Waals surface area contributed by atoms with Crippen molar-refractivity contribution in [2.24, 2.45) is 0 Å². The van der Waals surface area contributed by atoms with Crippen molar-refractivity contribution < 1.29 is 0 Å². The molecule has 7 aromatic rings. The van der Waals surface area contributed by atoms with E-state index in [1.807, 2.05) is 24.7 Å². The van der Waals surface area contributed by atoms with Crippen molar-refractivity contribution in [3.8, 4) is 22.3 Å². The lowest BCUT2D eigenvalue weighted by Gasteiger charge is -2.10. The zero-order chi connectivity index (χ0) is 22.7. The highest BCUT2D eigenvalue weighted by Crippen LogP contribution is 2.49. The summed E-state index contributed by atoms with van der Waals surface area (Å²) < 4.78 is 2.25. The molecule has 0 amide bonds. The molecule has 0 fully saturated rings. The average molecular weight is 447 g/mol. The molecule has 2 aliphatic rings. The lowest BCUT2D eigenvalue weighted by Crippen LogP contribution is -1.93. The summed E-state index contributed by atoms with van der Waals surface area (Å²) in [6.07, 6.45) is 7.60. The summed E-state index contributed by atoms with van der Waals surface area (Å²) >= 11 is 0. The second kappa shape index (κ2) is 6.10. The highest BCUT2D eigenvalue weighted by Gasteiger charge is 2.31. The first kappa shape index (κ1) is 17.8. The lowest BCUT2D eigenvalue weighted by molar-refractivity contribution is 1.23. The van der Waals surface area contributed by atoms with Gasteiger partial charge in [0.15, 0.2) is 5.65 Å². The Bertz CT molecular complexity index is 2070. The molecule has 0 aliphatic heterocycles. The van der Waals surface area contributed by atoms with E-state index in [0.717, 1.165) is 51.3 Å². The summed E-state index contributed by atoms with van der Waals surface area (Å²) in [5.74, 6) is 0. The zero-order valence-electron chi connectivity index (χ0n) is 18.8. The van der Waals surface area contributed by atoms with Crippen LogP contribution in [0.4, 0.5) is 0 Å². The molecule has 3 aromatic carbocycles. The largest absolute Gasteiger partial charge is 0.289 e. The summed E-state index contributed by atoms with van der Waals surface area (Å²) in [4.78, 5) is 14.6. The van der Waals surface area contributed by atoms with Gasteiger partial charge in [-0.05, 0) is 70.0 Å². The number of rotatable bonds is 0. The van der Waals surface area contributed by atoms with E-state index in [1.54, 1.807) is 0 Å². The first-order valence-corrected chi connectivity index (χ1v) is 12.0. The predicted octanol–water partition coefficient (Wildman–Crippen LogP) is 6.73. The maximum atomic E-state index is 5.31. The van der Waals surface area contributed by atoms with E-state index in [-0.39, 0.29) is 0 Å². The number of benzene rings is 3. The number of hydrogen-bond donors (Lipinski definition) is 0. The monoisotopic (exact) mass is 446 g/mol. The molecule has 4 heterocycles. The van der Waals surface area contributed by atoms with Gasteiger partial charge in [-0.15, -0.1) is 0 Å². The molecule has 0 spiro atoms. The van der Waals surface area contributed by atoms with Gasteiger partial charge in [-0.1, -0.05) is 48.5 Å². The van der Waals surface area contributed by atoms with Crippen molar-refractivity contribution in [3.05, 3.63) is 108 Å². The maximum Gasteiger partial charge on any atom is 0.165 e. The molecule has 9 rings (SSSR count). The van der Waals surface area contributed by atoms with Crippen LogP contribution in [0.2, 0.25) is 0 Å². The predicted molar refractivity (Wildman–Crippen MR) is 140 cm³/mol. The van der Waals surface area contributed by atoms with E-state index in [1.165, 1.54) is 44.5 Å². The minimum absolute atomic E-state index is 0.897. The molecule has 4 heteroatoms. The second-order valence-electron chi connectivity index (χ2n) is 9.67. The Morgan fingerprint density at radius 2 is 1.54 bits per heavy atom. The molecule has 162 valence electrons. The van der Waals surface area contributed by atoms with Crippen molar-refractivity contribution >= 4 is 38.5 Å². The van der Waals surface area contributed by atoms with Gasteiger partial charge in [-0.3, -0.25) is 14.4 Å². The Morgan fingerprint density at radius 3 is 2.54 bits per heavy atom. The van der Waals surface area contributed by atoms with Crippen LogP contribution in [-0.4, -0.2) is 19.4 Å². The van der Waals surface area contributed by atoms with Crippen LogP contribution in [0.25, 0.3) is 60.7 Å². The van der Waals surface area contributed by atoms with E-state index in [2.05, 4.69) is 70.0 Å². The van der Waals surface area contributed by atoms with Gasteiger partial charge < -0.3 is 0 Å². The van der Waals surface area contributed by atoms with E-state index in [0.29, 0.717) is 0 Å². The Kier molecular flexibility index (Phi) is 3.11. The molecule has 35 heavy (non-hydrogen) atoms. The van der Waals surface area contributed by atoms with Gasteiger partial charge in [0, 0.05) is 28.7 Å². The molecule has 0 saturated carbocycles. The fraction of sp³-hybridized carbons (Fsp3) is 0.0645. The molecular weight excluding hydrogens is 428 g/mol. The quantitative estimate of drug-likeness (QED) is 0.243. The smallest absolute Gasteiger partial charge is 0.165 e. The highest BCUT2D eigenvalue weighted by atomic mass is 15.0. The van der Waals surface area contributed by atoms with Crippen LogP contribution in [0.3, 0.4) is 0 Å². The van der Waals surface area contributed by atoms with Gasteiger partial charge in [0.25, 0.3) is 0 Å². The number of nitrogens with zero attached hydrogens (tertiary/aromatic N) is 4. The summed E-state index contributed by atoms with van der Waals surface area (Å²) in [6, 6.07) is 24.2. The first-order chi connectivity index (χ1) is 17.4. The van der Waals surface area contributed by atoms with Crippen LogP contribution in [0.5, 0.6) is 0 Å². The average Bonchev–Trinajstić information content (AvgIpc) is 3.59. The molecule has 0 atom stereocenters. The Hall–Kier alpha value is -4.57. The number of imidazole rings is 1. The molecule has 4 aromatic heterocycles. The number of fused-ring (bicyclic) bond motifs is 16. The van der Waals surface area contributed by atoms with Crippen molar-refractivity contribution in [3.63, 3.8) is 0 Å². The van der Waals surface area contributed by atoms with Crippen molar-refractivity contribution in [2.45, 2.75) is 12.8 Å². The first-order valence-electron chi connectivity index (χ1n) is 12.0. The van der Waals surface area contributed by atoms with Crippen LogP contribution in [0, 0.1) is 0 Å². The van der Waals surface area contributed by atoms with E-state index < -0.39 is 0 Å². The van der Waals surface area contributed by atoms with Gasteiger partial charge >= 0.3 is 0 Å². The minimum atomic E-state index is 0.897. The van der Waals surface area contributed by atoms with Crippen molar-refractivity contribution in [2.75, 3.05) is 0 Å². The lowest BCUT2D eigenvalue weighted by atomic mass is 9.94. The third kappa shape index (κ3) is 2.11. The molecule has 0 saturated heterocycles. The van der Waals surface area contributed by atoms with Crippen molar-refractivity contribution in [1.82, 2.24) is 19.4 Å². The summed E-state index contributed by atoms with van der Waals surface area (Å²) in [7, 11) is 0. The highest BCUT2D eigenvalue weighted by molar-refractivity contribution is 6.13. The molecular formula is C31H18N4. The van der Waals surface area contributed by atoms with E-state index in [9.17, 15) is 0 Å². The number of aromatic nitrogens is 4.